The van der Waals surface area contributed by atoms with E-state index in [2.05, 4.69) is 48.0 Å². The Balaban J connectivity index is 2.88. The summed E-state index contributed by atoms with van der Waals surface area (Å²) in [4.78, 5) is 0. The van der Waals surface area contributed by atoms with Gasteiger partial charge in [-0.15, -0.1) is 11.6 Å². The van der Waals surface area contributed by atoms with Gasteiger partial charge in [-0.3, -0.25) is 0 Å². The lowest BCUT2D eigenvalue weighted by molar-refractivity contribution is 0.647. The molecule has 0 spiro atoms. The summed E-state index contributed by atoms with van der Waals surface area (Å²) in [6, 6.07) is 6.41. The second-order valence-electron chi connectivity index (χ2n) is 3.70. The Kier molecular flexibility index (Phi) is 4.27. The van der Waals surface area contributed by atoms with Gasteiger partial charge in [-0.1, -0.05) is 35.8 Å². The van der Waals surface area contributed by atoms with Crippen LogP contribution in [0.4, 0.5) is 0 Å². The third-order valence-corrected chi connectivity index (χ3v) is 2.58. The Morgan fingerprint density at radius 1 is 1.23 bits per heavy atom. The monoisotopic (exact) mass is 260 g/mol. The zero-order valence-corrected chi connectivity index (χ0v) is 10.3. The fraction of sp³-hybridized carbons (Fsp3) is 0.455. The predicted octanol–water partition coefficient (Wildman–Crippen LogP) is 4.39. The second kappa shape index (κ2) is 5.02. The molecule has 1 aromatic rings. The first-order chi connectivity index (χ1) is 6.11. The topological polar surface area (TPSA) is 0 Å². The molecule has 0 fully saturated rings. The van der Waals surface area contributed by atoms with E-state index in [-0.39, 0.29) is 0 Å². The van der Waals surface area contributed by atoms with Crippen molar-refractivity contribution < 1.29 is 0 Å². The Labute approximate surface area is 93.4 Å². The Bertz CT molecular complexity index is 281. The van der Waals surface area contributed by atoms with Crippen molar-refractivity contribution in [1.82, 2.24) is 0 Å². The van der Waals surface area contributed by atoms with Gasteiger partial charge in [0, 0.05) is 10.4 Å². The lowest BCUT2D eigenvalue weighted by Crippen LogP contribution is -1.95. The number of hydrogen-bond donors (Lipinski definition) is 0. The van der Waals surface area contributed by atoms with Gasteiger partial charge < -0.3 is 0 Å². The van der Waals surface area contributed by atoms with Crippen LogP contribution in [0.5, 0.6) is 0 Å². The molecular weight excluding hydrogens is 247 g/mol. The van der Waals surface area contributed by atoms with Gasteiger partial charge in [0.05, 0.1) is 0 Å². The molecule has 0 atom stereocenters. The largest absolute Gasteiger partial charge is 0.122 e. The van der Waals surface area contributed by atoms with Crippen LogP contribution in [0.15, 0.2) is 22.7 Å². The number of hydrogen-bond acceptors (Lipinski definition) is 0. The number of alkyl halides is 1. The van der Waals surface area contributed by atoms with Crippen molar-refractivity contribution in [1.29, 1.82) is 0 Å². The maximum Gasteiger partial charge on any atom is 0.0474 e. The van der Waals surface area contributed by atoms with E-state index >= 15 is 0 Å². The van der Waals surface area contributed by atoms with Crippen molar-refractivity contribution in [3.05, 3.63) is 33.8 Å². The zero-order chi connectivity index (χ0) is 9.84. The van der Waals surface area contributed by atoms with Crippen molar-refractivity contribution in [2.75, 3.05) is 0 Å². The predicted molar refractivity (Wildman–Crippen MR) is 62.2 cm³/mol. The SMILES string of the molecule is CC(C)Cc1cc(Br)cc(CCl)c1. The molecule has 1 rings (SSSR count). The summed E-state index contributed by atoms with van der Waals surface area (Å²) in [5.41, 5.74) is 2.55. The molecule has 13 heavy (non-hydrogen) atoms. The van der Waals surface area contributed by atoms with Gasteiger partial charge >= 0.3 is 0 Å². The third kappa shape index (κ3) is 3.70. The van der Waals surface area contributed by atoms with Crippen LogP contribution < -0.4 is 0 Å². The highest BCUT2D eigenvalue weighted by Crippen LogP contribution is 2.19. The second-order valence-corrected chi connectivity index (χ2v) is 4.88. The lowest BCUT2D eigenvalue weighted by atomic mass is 10.0. The van der Waals surface area contributed by atoms with E-state index in [1.807, 2.05) is 0 Å². The summed E-state index contributed by atoms with van der Waals surface area (Å²) < 4.78 is 1.13. The highest BCUT2D eigenvalue weighted by molar-refractivity contribution is 9.10. The van der Waals surface area contributed by atoms with Crippen LogP contribution in [0.1, 0.15) is 25.0 Å². The van der Waals surface area contributed by atoms with Crippen molar-refractivity contribution in [2.45, 2.75) is 26.1 Å². The van der Waals surface area contributed by atoms with Crippen molar-refractivity contribution in [3.63, 3.8) is 0 Å². The summed E-state index contributed by atoms with van der Waals surface area (Å²) in [6.45, 7) is 4.45. The summed E-state index contributed by atoms with van der Waals surface area (Å²) >= 11 is 9.27. The maximum atomic E-state index is 5.79. The average Bonchev–Trinajstić information content (AvgIpc) is 2.01. The Morgan fingerprint density at radius 3 is 2.38 bits per heavy atom. The molecule has 0 saturated carbocycles. The highest BCUT2D eigenvalue weighted by Gasteiger charge is 2.01. The van der Waals surface area contributed by atoms with Crippen molar-refractivity contribution in [2.24, 2.45) is 5.92 Å². The number of halogens is 2. The molecule has 2 heteroatoms. The van der Waals surface area contributed by atoms with Crippen molar-refractivity contribution in [3.8, 4) is 0 Å². The van der Waals surface area contributed by atoms with E-state index in [9.17, 15) is 0 Å². The molecule has 0 aromatic heterocycles. The summed E-state index contributed by atoms with van der Waals surface area (Å²) in [5, 5.41) is 0. The maximum absolute atomic E-state index is 5.79. The number of rotatable bonds is 3. The zero-order valence-electron chi connectivity index (χ0n) is 7.98. The highest BCUT2D eigenvalue weighted by atomic mass is 79.9. The molecule has 0 amide bonds. The molecule has 0 nitrogen and oxygen atoms in total. The molecule has 0 aliphatic carbocycles. The van der Waals surface area contributed by atoms with E-state index in [0.717, 1.165) is 10.9 Å². The lowest BCUT2D eigenvalue weighted by Gasteiger charge is -2.07. The van der Waals surface area contributed by atoms with E-state index in [4.69, 9.17) is 11.6 Å². The fourth-order valence-electron chi connectivity index (χ4n) is 1.38. The minimum absolute atomic E-state index is 0.588. The summed E-state index contributed by atoms with van der Waals surface area (Å²) in [5.74, 6) is 1.28. The molecule has 0 unspecified atom stereocenters. The molecule has 0 aliphatic heterocycles. The molecule has 0 bridgehead atoms. The van der Waals surface area contributed by atoms with Gasteiger partial charge in [0.15, 0.2) is 0 Å². The van der Waals surface area contributed by atoms with Crippen LogP contribution in [-0.4, -0.2) is 0 Å². The van der Waals surface area contributed by atoms with Crippen LogP contribution in [0.2, 0.25) is 0 Å². The van der Waals surface area contributed by atoms with Gasteiger partial charge in [-0.2, -0.15) is 0 Å². The molecule has 0 aliphatic rings. The van der Waals surface area contributed by atoms with Crippen LogP contribution in [0, 0.1) is 5.92 Å². The van der Waals surface area contributed by atoms with Crippen LogP contribution >= 0.6 is 27.5 Å². The first kappa shape index (κ1) is 11.1. The van der Waals surface area contributed by atoms with Gasteiger partial charge in [-0.05, 0) is 35.6 Å². The van der Waals surface area contributed by atoms with Gasteiger partial charge in [-0.25, -0.2) is 0 Å². The first-order valence-electron chi connectivity index (χ1n) is 4.46. The van der Waals surface area contributed by atoms with Crippen molar-refractivity contribution >= 4 is 27.5 Å². The minimum atomic E-state index is 0.588. The molecule has 1 aromatic carbocycles. The quantitative estimate of drug-likeness (QED) is 0.708. The summed E-state index contributed by atoms with van der Waals surface area (Å²) in [6.07, 6.45) is 1.11. The standard InChI is InChI=1S/C11H14BrCl/c1-8(2)3-9-4-10(7-13)6-11(12)5-9/h4-6,8H,3,7H2,1-2H3. The molecule has 0 saturated heterocycles. The molecule has 72 valence electrons. The fourth-order valence-corrected chi connectivity index (χ4v) is 2.13. The van der Waals surface area contributed by atoms with E-state index in [0.29, 0.717) is 11.8 Å². The summed E-state index contributed by atoms with van der Waals surface area (Å²) in [7, 11) is 0. The first-order valence-corrected chi connectivity index (χ1v) is 5.79. The average molecular weight is 262 g/mol. The van der Waals surface area contributed by atoms with Gasteiger partial charge in [0.2, 0.25) is 0 Å². The van der Waals surface area contributed by atoms with E-state index in [1.165, 1.54) is 11.1 Å². The van der Waals surface area contributed by atoms with E-state index in [1.54, 1.807) is 0 Å². The van der Waals surface area contributed by atoms with Gasteiger partial charge in [0.25, 0.3) is 0 Å². The smallest absolute Gasteiger partial charge is 0.0474 e. The molecule has 0 radical (unpaired) electrons. The Morgan fingerprint density at radius 2 is 1.85 bits per heavy atom. The van der Waals surface area contributed by atoms with E-state index < -0.39 is 0 Å². The Hall–Kier alpha value is -0.0100. The van der Waals surface area contributed by atoms with Gasteiger partial charge in [0.1, 0.15) is 0 Å². The molecular formula is C11H14BrCl. The number of benzene rings is 1. The normalized spacial score (nSPS) is 10.8. The molecule has 0 heterocycles. The van der Waals surface area contributed by atoms with Crippen LogP contribution in [0.25, 0.3) is 0 Å². The van der Waals surface area contributed by atoms with Crippen LogP contribution in [-0.2, 0) is 12.3 Å². The third-order valence-electron chi connectivity index (χ3n) is 1.82. The minimum Gasteiger partial charge on any atom is -0.122 e. The molecule has 0 N–H and O–H groups in total. The van der Waals surface area contributed by atoms with Crippen LogP contribution in [0.3, 0.4) is 0 Å².